The van der Waals surface area contributed by atoms with E-state index in [0.717, 1.165) is 15.7 Å². The molecule has 0 bridgehead atoms. The molecule has 0 saturated heterocycles. The number of benzene rings is 1. The largest absolute Gasteiger partial charge is 0.340 e. The Labute approximate surface area is 132 Å². The minimum Gasteiger partial charge on any atom is -0.340 e. The smallest absolute Gasteiger partial charge is 0.272 e. The van der Waals surface area contributed by atoms with Crippen molar-refractivity contribution in [2.75, 3.05) is 5.32 Å². The predicted molar refractivity (Wildman–Crippen MR) is 86.7 cm³/mol. The van der Waals surface area contributed by atoms with E-state index >= 15 is 0 Å². The van der Waals surface area contributed by atoms with E-state index < -0.39 is 0 Å². The van der Waals surface area contributed by atoms with Gasteiger partial charge in [0.05, 0.1) is 0 Å². The van der Waals surface area contributed by atoms with Crippen molar-refractivity contribution in [1.82, 2.24) is 4.57 Å². The van der Waals surface area contributed by atoms with Gasteiger partial charge in [0, 0.05) is 27.4 Å². The molecule has 0 unspecified atom stereocenters. The second kappa shape index (κ2) is 6.02. The van der Waals surface area contributed by atoms with Crippen molar-refractivity contribution >= 4 is 39.1 Å². The highest BCUT2D eigenvalue weighted by molar-refractivity contribution is 9.10. The van der Waals surface area contributed by atoms with Crippen molar-refractivity contribution in [3.05, 3.63) is 51.2 Å². The third-order valence-corrected chi connectivity index (χ3v) is 3.71. The van der Waals surface area contributed by atoms with Gasteiger partial charge in [-0.15, -0.1) is 0 Å². The Bertz CT molecular complexity index is 649. The molecular formula is C15H16BrClN2O. The molecule has 0 aliphatic carbocycles. The van der Waals surface area contributed by atoms with Gasteiger partial charge < -0.3 is 9.88 Å². The molecule has 5 heteroatoms. The van der Waals surface area contributed by atoms with Crippen LogP contribution in [-0.4, -0.2) is 10.5 Å². The minimum absolute atomic E-state index is 0.130. The standard InChI is InChI=1S/C15H16BrClN2O/c1-9(2)19-8-11(16)7-14(19)15(20)18-13-5-4-12(17)6-10(13)3/h4-9H,1-3H3,(H,18,20). The number of amides is 1. The Morgan fingerprint density at radius 3 is 2.65 bits per heavy atom. The van der Waals surface area contributed by atoms with Crippen molar-refractivity contribution in [1.29, 1.82) is 0 Å². The van der Waals surface area contributed by atoms with Gasteiger partial charge in [-0.3, -0.25) is 4.79 Å². The summed E-state index contributed by atoms with van der Waals surface area (Å²) in [5, 5.41) is 3.58. The van der Waals surface area contributed by atoms with Gasteiger partial charge >= 0.3 is 0 Å². The average Bonchev–Trinajstić information content (AvgIpc) is 2.75. The SMILES string of the molecule is Cc1cc(Cl)ccc1NC(=O)c1cc(Br)cn1C(C)C. The monoisotopic (exact) mass is 354 g/mol. The number of carbonyl (C=O) groups excluding carboxylic acids is 1. The summed E-state index contributed by atoms with van der Waals surface area (Å²) in [7, 11) is 0. The zero-order valence-electron chi connectivity index (χ0n) is 11.6. The highest BCUT2D eigenvalue weighted by Gasteiger charge is 2.15. The van der Waals surface area contributed by atoms with E-state index in [1.165, 1.54) is 0 Å². The van der Waals surface area contributed by atoms with E-state index in [9.17, 15) is 4.79 Å². The fourth-order valence-corrected chi connectivity index (χ4v) is 2.67. The summed E-state index contributed by atoms with van der Waals surface area (Å²) >= 11 is 9.33. The molecule has 2 aromatic rings. The molecule has 2 rings (SSSR count). The van der Waals surface area contributed by atoms with E-state index in [1.54, 1.807) is 6.07 Å². The highest BCUT2D eigenvalue weighted by Crippen LogP contribution is 2.23. The van der Waals surface area contributed by atoms with E-state index in [0.29, 0.717) is 10.7 Å². The maximum absolute atomic E-state index is 12.4. The van der Waals surface area contributed by atoms with Crippen LogP contribution in [0, 0.1) is 6.92 Å². The first-order valence-electron chi connectivity index (χ1n) is 6.33. The first kappa shape index (κ1) is 15.1. The van der Waals surface area contributed by atoms with Crippen LogP contribution in [0.5, 0.6) is 0 Å². The first-order chi connectivity index (χ1) is 9.38. The molecule has 0 radical (unpaired) electrons. The molecule has 1 heterocycles. The average molecular weight is 356 g/mol. The molecule has 1 amide bonds. The number of aryl methyl sites for hydroxylation is 1. The number of hydrogen-bond acceptors (Lipinski definition) is 1. The molecule has 0 atom stereocenters. The zero-order valence-corrected chi connectivity index (χ0v) is 13.9. The third kappa shape index (κ3) is 3.25. The van der Waals surface area contributed by atoms with Gasteiger partial charge in [0.2, 0.25) is 0 Å². The quantitative estimate of drug-likeness (QED) is 0.821. The van der Waals surface area contributed by atoms with E-state index in [4.69, 9.17) is 11.6 Å². The summed E-state index contributed by atoms with van der Waals surface area (Å²) in [6, 6.07) is 7.44. The van der Waals surface area contributed by atoms with Crippen molar-refractivity contribution in [2.45, 2.75) is 26.8 Å². The van der Waals surface area contributed by atoms with Crippen LogP contribution in [0.25, 0.3) is 0 Å². The number of carbonyl (C=O) groups is 1. The minimum atomic E-state index is -0.130. The molecule has 20 heavy (non-hydrogen) atoms. The normalized spacial score (nSPS) is 10.9. The van der Waals surface area contributed by atoms with Crippen LogP contribution in [0.1, 0.15) is 35.9 Å². The van der Waals surface area contributed by atoms with Gasteiger partial charge in [-0.25, -0.2) is 0 Å². The summed E-state index contributed by atoms with van der Waals surface area (Å²) < 4.78 is 2.83. The summed E-state index contributed by atoms with van der Waals surface area (Å²) in [6.45, 7) is 5.99. The lowest BCUT2D eigenvalue weighted by molar-refractivity contribution is 0.101. The summed E-state index contributed by atoms with van der Waals surface area (Å²) in [6.07, 6.45) is 1.91. The lowest BCUT2D eigenvalue weighted by Crippen LogP contribution is -2.18. The number of nitrogens with zero attached hydrogens (tertiary/aromatic N) is 1. The summed E-state index contributed by atoms with van der Waals surface area (Å²) in [4.78, 5) is 12.4. The molecule has 0 saturated carbocycles. The Kier molecular flexibility index (Phi) is 4.55. The number of nitrogens with one attached hydrogen (secondary N) is 1. The molecule has 0 aliphatic rings. The van der Waals surface area contributed by atoms with Crippen molar-refractivity contribution in [3.63, 3.8) is 0 Å². The molecule has 0 fully saturated rings. The molecule has 1 aromatic carbocycles. The summed E-state index contributed by atoms with van der Waals surface area (Å²) in [5.41, 5.74) is 2.33. The molecule has 0 spiro atoms. The van der Waals surface area contributed by atoms with Gasteiger partial charge in [-0.1, -0.05) is 11.6 Å². The Balaban J connectivity index is 2.28. The van der Waals surface area contributed by atoms with Crippen LogP contribution in [0.4, 0.5) is 5.69 Å². The summed E-state index contributed by atoms with van der Waals surface area (Å²) in [5.74, 6) is -0.130. The first-order valence-corrected chi connectivity index (χ1v) is 7.50. The number of anilines is 1. The fraction of sp³-hybridized carbons (Fsp3) is 0.267. The molecular weight excluding hydrogens is 340 g/mol. The van der Waals surface area contributed by atoms with Gasteiger partial charge in [0.25, 0.3) is 5.91 Å². The maximum atomic E-state index is 12.4. The van der Waals surface area contributed by atoms with Gasteiger partial charge in [-0.05, 0) is 66.5 Å². The van der Waals surface area contributed by atoms with Gasteiger partial charge in [0.1, 0.15) is 5.69 Å². The molecule has 106 valence electrons. The second-order valence-electron chi connectivity index (χ2n) is 4.96. The van der Waals surface area contributed by atoms with E-state index in [1.807, 2.05) is 49.7 Å². The highest BCUT2D eigenvalue weighted by atomic mass is 79.9. The Morgan fingerprint density at radius 2 is 2.05 bits per heavy atom. The van der Waals surface area contributed by atoms with Crippen molar-refractivity contribution < 1.29 is 4.79 Å². The maximum Gasteiger partial charge on any atom is 0.272 e. The van der Waals surface area contributed by atoms with Crippen LogP contribution < -0.4 is 5.32 Å². The molecule has 3 nitrogen and oxygen atoms in total. The van der Waals surface area contributed by atoms with Crippen LogP contribution in [0.2, 0.25) is 5.02 Å². The van der Waals surface area contributed by atoms with Crippen LogP contribution in [-0.2, 0) is 0 Å². The van der Waals surface area contributed by atoms with Gasteiger partial charge in [0.15, 0.2) is 0 Å². The second-order valence-corrected chi connectivity index (χ2v) is 6.31. The number of rotatable bonds is 3. The molecule has 0 aliphatic heterocycles. The number of halogens is 2. The third-order valence-electron chi connectivity index (χ3n) is 3.04. The Hall–Kier alpha value is -1.26. The van der Waals surface area contributed by atoms with Crippen LogP contribution in [0.15, 0.2) is 34.9 Å². The Morgan fingerprint density at radius 1 is 1.35 bits per heavy atom. The van der Waals surface area contributed by atoms with Crippen LogP contribution >= 0.6 is 27.5 Å². The number of hydrogen-bond donors (Lipinski definition) is 1. The van der Waals surface area contributed by atoms with Crippen molar-refractivity contribution in [3.8, 4) is 0 Å². The lowest BCUT2D eigenvalue weighted by atomic mass is 10.2. The zero-order chi connectivity index (χ0) is 14.9. The van der Waals surface area contributed by atoms with E-state index in [2.05, 4.69) is 21.2 Å². The van der Waals surface area contributed by atoms with Crippen molar-refractivity contribution in [2.24, 2.45) is 0 Å². The van der Waals surface area contributed by atoms with E-state index in [-0.39, 0.29) is 11.9 Å². The molecule has 1 N–H and O–H groups in total. The fourth-order valence-electron chi connectivity index (χ4n) is 2.01. The predicted octanol–water partition coefficient (Wildman–Crippen LogP) is 5.05. The van der Waals surface area contributed by atoms with Gasteiger partial charge in [-0.2, -0.15) is 0 Å². The number of aromatic nitrogens is 1. The van der Waals surface area contributed by atoms with Crippen LogP contribution in [0.3, 0.4) is 0 Å². The molecule has 1 aromatic heterocycles. The lowest BCUT2D eigenvalue weighted by Gasteiger charge is -2.13. The topological polar surface area (TPSA) is 34.0 Å².